The minimum absolute atomic E-state index is 0.00411. The molecule has 1 aromatic rings. The molecule has 0 radical (unpaired) electrons. The normalized spacial score (nSPS) is 10.4. The van der Waals surface area contributed by atoms with Crippen LogP contribution >= 0.6 is 11.3 Å². The molecule has 0 aromatic carbocycles. The third-order valence-electron chi connectivity index (χ3n) is 2.28. The molecule has 0 unspecified atom stereocenters. The van der Waals surface area contributed by atoms with Crippen molar-refractivity contribution in [3.05, 3.63) is 22.4 Å². The second-order valence-corrected chi connectivity index (χ2v) is 5.59. The molecule has 2 amide bonds. The number of hydrogen-bond acceptors (Lipinski definition) is 3. The monoisotopic (exact) mass is 268 g/mol. The van der Waals surface area contributed by atoms with Crippen molar-refractivity contribution >= 4 is 23.2 Å². The Kier molecular flexibility index (Phi) is 6.43. The van der Waals surface area contributed by atoms with Crippen LogP contribution in [0.25, 0.3) is 0 Å². The standard InChI is InChI=1S/C13H20N2O2S/c1-10(2)8-12(16)14-5-6-15-13(17)9-11-4-3-7-18-11/h3-4,7,10H,5-6,8-9H2,1-2H3,(H,14,16)(H,15,17). The molecule has 0 bridgehead atoms. The van der Waals surface area contributed by atoms with E-state index in [2.05, 4.69) is 10.6 Å². The second-order valence-electron chi connectivity index (χ2n) is 4.55. The van der Waals surface area contributed by atoms with Gasteiger partial charge in [0.25, 0.3) is 0 Å². The van der Waals surface area contributed by atoms with E-state index in [0.29, 0.717) is 31.8 Å². The quantitative estimate of drug-likeness (QED) is 0.737. The van der Waals surface area contributed by atoms with Gasteiger partial charge in [0.15, 0.2) is 0 Å². The number of carbonyl (C=O) groups excluding carboxylic acids is 2. The molecule has 0 fully saturated rings. The molecule has 0 aliphatic heterocycles. The maximum Gasteiger partial charge on any atom is 0.225 e. The molecule has 1 heterocycles. The fraction of sp³-hybridized carbons (Fsp3) is 0.538. The van der Waals surface area contributed by atoms with Gasteiger partial charge < -0.3 is 10.6 Å². The van der Waals surface area contributed by atoms with E-state index in [-0.39, 0.29) is 11.8 Å². The third kappa shape index (κ3) is 6.39. The predicted molar refractivity (Wildman–Crippen MR) is 73.5 cm³/mol. The highest BCUT2D eigenvalue weighted by atomic mass is 32.1. The van der Waals surface area contributed by atoms with Gasteiger partial charge in [-0.3, -0.25) is 9.59 Å². The topological polar surface area (TPSA) is 58.2 Å². The molecule has 1 aromatic heterocycles. The highest BCUT2D eigenvalue weighted by molar-refractivity contribution is 7.10. The molecule has 5 heteroatoms. The summed E-state index contributed by atoms with van der Waals surface area (Å²) in [6.45, 7) is 4.97. The molecule has 0 atom stereocenters. The lowest BCUT2D eigenvalue weighted by Gasteiger charge is -2.08. The Morgan fingerprint density at radius 1 is 1.22 bits per heavy atom. The van der Waals surface area contributed by atoms with Gasteiger partial charge in [-0.05, 0) is 17.4 Å². The number of carbonyl (C=O) groups is 2. The van der Waals surface area contributed by atoms with E-state index in [1.165, 1.54) is 0 Å². The highest BCUT2D eigenvalue weighted by Crippen LogP contribution is 2.08. The first kappa shape index (κ1) is 14.7. The lowest BCUT2D eigenvalue weighted by molar-refractivity contribution is -0.123. The molecular weight excluding hydrogens is 248 g/mol. The zero-order chi connectivity index (χ0) is 13.4. The average molecular weight is 268 g/mol. The van der Waals surface area contributed by atoms with Crippen LogP contribution in [-0.4, -0.2) is 24.9 Å². The summed E-state index contributed by atoms with van der Waals surface area (Å²) in [7, 11) is 0. The maximum absolute atomic E-state index is 11.5. The zero-order valence-corrected chi connectivity index (χ0v) is 11.7. The lowest BCUT2D eigenvalue weighted by atomic mass is 10.1. The van der Waals surface area contributed by atoms with Crippen LogP contribution in [0.4, 0.5) is 0 Å². The summed E-state index contributed by atoms with van der Waals surface area (Å²) in [5.41, 5.74) is 0. The van der Waals surface area contributed by atoms with Gasteiger partial charge in [0.1, 0.15) is 0 Å². The maximum atomic E-state index is 11.5. The number of hydrogen-bond donors (Lipinski definition) is 2. The van der Waals surface area contributed by atoms with Gasteiger partial charge in [-0.1, -0.05) is 19.9 Å². The van der Waals surface area contributed by atoms with E-state index in [1.807, 2.05) is 31.4 Å². The minimum atomic E-state index is -0.00411. The SMILES string of the molecule is CC(C)CC(=O)NCCNC(=O)Cc1cccs1. The van der Waals surface area contributed by atoms with Crippen LogP contribution in [-0.2, 0) is 16.0 Å². The molecule has 1 rings (SSSR count). The van der Waals surface area contributed by atoms with Crippen molar-refractivity contribution in [2.45, 2.75) is 26.7 Å². The van der Waals surface area contributed by atoms with Crippen LogP contribution in [0.15, 0.2) is 17.5 Å². The summed E-state index contributed by atoms with van der Waals surface area (Å²) >= 11 is 1.57. The fourth-order valence-electron chi connectivity index (χ4n) is 1.48. The molecule has 0 aliphatic rings. The molecule has 4 nitrogen and oxygen atoms in total. The highest BCUT2D eigenvalue weighted by Gasteiger charge is 2.05. The Hall–Kier alpha value is -1.36. The number of thiophene rings is 1. The predicted octanol–water partition coefficient (Wildman–Crippen LogP) is 1.57. The van der Waals surface area contributed by atoms with Gasteiger partial charge >= 0.3 is 0 Å². The summed E-state index contributed by atoms with van der Waals surface area (Å²) in [4.78, 5) is 23.9. The van der Waals surface area contributed by atoms with Gasteiger partial charge in [-0.2, -0.15) is 0 Å². The Bertz CT molecular complexity index is 374. The van der Waals surface area contributed by atoms with Crippen LogP contribution in [0.2, 0.25) is 0 Å². The van der Waals surface area contributed by atoms with Gasteiger partial charge in [0.05, 0.1) is 6.42 Å². The minimum Gasteiger partial charge on any atom is -0.354 e. The van der Waals surface area contributed by atoms with E-state index in [4.69, 9.17) is 0 Å². The molecule has 0 saturated carbocycles. The van der Waals surface area contributed by atoms with Crippen molar-refractivity contribution in [1.29, 1.82) is 0 Å². The average Bonchev–Trinajstić information content (AvgIpc) is 2.76. The van der Waals surface area contributed by atoms with E-state index in [0.717, 1.165) is 4.88 Å². The molecule has 2 N–H and O–H groups in total. The molecule has 100 valence electrons. The van der Waals surface area contributed by atoms with Crippen LogP contribution < -0.4 is 10.6 Å². The van der Waals surface area contributed by atoms with Crippen molar-refractivity contribution in [3.63, 3.8) is 0 Å². The first-order valence-corrected chi connectivity index (χ1v) is 7.01. The summed E-state index contributed by atoms with van der Waals surface area (Å²) in [6.07, 6.45) is 0.945. The molecular formula is C13H20N2O2S. The Morgan fingerprint density at radius 2 is 1.89 bits per heavy atom. The summed E-state index contributed by atoms with van der Waals surface area (Å²) in [5, 5.41) is 7.51. The zero-order valence-electron chi connectivity index (χ0n) is 10.9. The molecule has 0 spiro atoms. The summed E-state index contributed by atoms with van der Waals surface area (Å²) in [6, 6.07) is 3.87. The Morgan fingerprint density at radius 3 is 2.44 bits per heavy atom. The molecule has 18 heavy (non-hydrogen) atoms. The smallest absolute Gasteiger partial charge is 0.225 e. The molecule has 0 saturated heterocycles. The largest absolute Gasteiger partial charge is 0.354 e. The van der Waals surface area contributed by atoms with Crippen LogP contribution in [0.5, 0.6) is 0 Å². The number of rotatable bonds is 7. The summed E-state index contributed by atoms with van der Waals surface area (Å²) < 4.78 is 0. The van der Waals surface area contributed by atoms with Crippen LogP contribution in [0.3, 0.4) is 0 Å². The van der Waals surface area contributed by atoms with E-state index < -0.39 is 0 Å². The van der Waals surface area contributed by atoms with Crippen LogP contribution in [0.1, 0.15) is 25.1 Å². The summed E-state index contributed by atoms with van der Waals surface area (Å²) in [5.74, 6) is 0.395. The lowest BCUT2D eigenvalue weighted by Crippen LogP contribution is -2.35. The van der Waals surface area contributed by atoms with Gasteiger partial charge in [0.2, 0.25) is 11.8 Å². The van der Waals surface area contributed by atoms with E-state index in [1.54, 1.807) is 11.3 Å². The third-order valence-corrected chi connectivity index (χ3v) is 3.15. The van der Waals surface area contributed by atoms with Crippen molar-refractivity contribution < 1.29 is 9.59 Å². The fourth-order valence-corrected chi connectivity index (χ4v) is 2.18. The number of amides is 2. The van der Waals surface area contributed by atoms with Gasteiger partial charge in [-0.15, -0.1) is 11.3 Å². The first-order chi connectivity index (χ1) is 8.58. The van der Waals surface area contributed by atoms with Crippen molar-refractivity contribution in [2.75, 3.05) is 13.1 Å². The van der Waals surface area contributed by atoms with Crippen LogP contribution in [0, 0.1) is 5.92 Å². The second kappa shape index (κ2) is 7.87. The van der Waals surface area contributed by atoms with E-state index >= 15 is 0 Å². The van der Waals surface area contributed by atoms with Gasteiger partial charge in [-0.25, -0.2) is 0 Å². The Balaban J connectivity index is 2.07. The van der Waals surface area contributed by atoms with Crippen molar-refractivity contribution in [1.82, 2.24) is 10.6 Å². The molecule has 0 aliphatic carbocycles. The van der Waals surface area contributed by atoms with Gasteiger partial charge in [0, 0.05) is 24.4 Å². The van der Waals surface area contributed by atoms with Crippen molar-refractivity contribution in [2.24, 2.45) is 5.92 Å². The first-order valence-electron chi connectivity index (χ1n) is 6.13. The Labute approximate surface area is 112 Å². The number of nitrogens with one attached hydrogen (secondary N) is 2. The van der Waals surface area contributed by atoms with E-state index in [9.17, 15) is 9.59 Å². The van der Waals surface area contributed by atoms with Crippen molar-refractivity contribution in [3.8, 4) is 0 Å².